The molecule has 0 amide bonds. The first-order valence-corrected chi connectivity index (χ1v) is 4.11. The van der Waals surface area contributed by atoms with Crippen LogP contribution in [0.1, 0.15) is 11.9 Å². The minimum atomic E-state index is -0.236. The first kappa shape index (κ1) is 8.24. The van der Waals surface area contributed by atoms with Crippen LogP contribution in [0.3, 0.4) is 0 Å². The largest absolute Gasteiger partial charge is 0.346 e. The van der Waals surface area contributed by atoms with Gasteiger partial charge in [0, 0.05) is 5.56 Å². The SMILES string of the molecule is [C-]#[N+]c1ccc(C2OCCO2)cc1. The predicted octanol–water partition coefficient (Wildman–Crippen LogP) is 2.28. The summed E-state index contributed by atoms with van der Waals surface area (Å²) in [6.07, 6.45) is -0.236. The maximum atomic E-state index is 6.79. The Balaban J connectivity index is 2.18. The number of hydrogen-bond acceptors (Lipinski definition) is 2. The monoisotopic (exact) mass is 175 g/mol. The number of ether oxygens (including phenoxy) is 2. The van der Waals surface area contributed by atoms with Gasteiger partial charge in [0.25, 0.3) is 0 Å². The lowest BCUT2D eigenvalue weighted by Gasteiger charge is -2.08. The molecule has 0 N–H and O–H groups in total. The second kappa shape index (κ2) is 3.56. The van der Waals surface area contributed by atoms with Crippen LogP contribution in [-0.2, 0) is 9.47 Å². The molecule has 13 heavy (non-hydrogen) atoms. The fraction of sp³-hybridized carbons (Fsp3) is 0.300. The van der Waals surface area contributed by atoms with Gasteiger partial charge in [-0.3, -0.25) is 0 Å². The van der Waals surface area contributed by atoms with Gasteiger partial charge in [-0.15, -0.1) is 0 Å². The Morgan fingerprint density at radius 2 is 1.77 bits per heavy atom. The molecule has 0 radical (unpaired) electrons. The van der Waals surface area contributed by atoms with Crippen LogP contribution in [0.5, 0.6) is 0 Å². The molecule has 0 bridgehead atoms. The topological polar surface area (TPSA) is 22.8 Å². The molecule has 1 heterocycles. The van der Waals surface area contributed by atoms with Crippen molar-refractivity contribution in [3.63, 3.8) is 0 Å². The Labute approximate surface area is 76.7 Å². The van der Waals surface area contributed by atoms with Gasteiger partial charge in [-0.05, 0) is 0 Å². The van der Waals surface area contributed by atoms with Crippen molar-refractivity contribution in [2.24, 2.45) is 0 Å². The van der Waals surface area contributed by atoms with E-state index in [0.717, 1.165) is 5.56 Å². The molecule has 3 heteroatoms. The average molecular weight is 175 g/mol. The summed E-state index contributed by atoms with van der Waals surface area (Å²) in [7, 11) is 0. The molecule has 0 aliphatic carbocycles. The molecule has 1 aromatic rings. The molecule has 2 rings (SSSR count). The van der Waals surface area contributed by atoms with E-state index < -0.39 is 0 Å². The Morgan fingerprint density at radius 3 is 2.31 bits per heavy atom. The molecule has 0 aromatic heterocycles. The highest BCUT2D eigenvalue weighted by molar-refractivity contribution is 5.45. The van der Waals surface area contributed by atoms with Crippen molar-refractivity contribution in [2.45, 2.75) is 6.29 Å². The summed E-state index contributed by atoms with van der Waals surface area (Å²) < 4.78 is 10.6. The Morgan fingerprint density at radius 1 is 1.15 bits per heavy atom. The molecule has 1 aliphatic rings. The lowest BCUT2D eigenvalue weighted by atomic mass is 10.2. The highest BCUT2D eigenvalue weighted by Crippen LogP contribution is 2.24. The molecular formula is C10H9NO2. The lowest BCUT2D eigenvalue weighted by molar-refractivity contribution is -0.0441. The van der Waals surface area contributed by atoms with Gasteiger partial charge >= 0.3 is 0 Å². The third kappa shape index (κ3) is 1.69. The molecular weight excluding hydrogens is 166 g/mol. The molecule has 0 unspecified atom stereocenters. The Bertz CT molecular complexity index is 320. The minimum absolute atomic E-state index is 0.236. The summed E-state index contributed by atoms with van der Waals surface area (Å²) in [6.45, 7) is 8.08. The molecule has 3 nitrogen and oxygen atoms in total. The van der Waals surface area contributed by atoms with Crippen molar-refractivity contribution in [2.75, 3.05) is 13.2 Å². The van der Waals surface area contributed by atoms with Crippen molar-refractivity contribution >= 4 is 5.69 Å². The van der Waals surface area contributed by atoms with Crippen LogP contribution < -0.4 is 0 Å². The van der Waals surface area contributed by atoms with Gasteiger partial charge in [-0.25, -0.2) is 4.85 Å². The van der Waals surface area contributed by atoms with Gasteiger partial charge in [-0.1, -0.05) is 24.3 Å². The predicted molar refractivity (Wildman–Crippen MR) is 47.3 cm³/mol. The van der Waals surface area contributed by atoms with Gasteiger partial charge in [-0.2, -0.15) is 0 Å². The fourth-order valence-electron chi connectivity index (χ4n) is 1.26. The summed E-state index contributed by atoms with van der Waals surface area (Å²) in [5.74, 6) is 0. The second-order valence-corrected chi connectivity index (χ2v) is 2.78. The van der Waals surface area contributed by atoms with E-state index in [9.17, 15) is 0 Å². The summed E-state index contributed by atoms with van der Waals surface area (Å²) in [6, 6.07) is 7.27. The van der Waals surface area contributed by atoms with E-state index in [2.05, 4.69) is 4.85 Å². The quantitative estimate of drug-likeness (QED) is 0.611. The van der Waals surface area contributed by atoms with E-state index in [1.54, 1.807) is 12.1 Å². The van der Waals surface area contributed by atoms with Crippen LogP contribution in [0.15, 0.2) is 24.3 Å². The first-order valence-electron chi connectivity index (χ1n) is 4.11. The number of hydrogen-bond donors (Lipinski definition) is 0. The van der Waals surface area contributed by atoms with E-state index in [-0.39, 0.29) is 6.29 Å². The molecule has 66 valence electrons. The number of benzene rings is 1. The number of nitrogens with zero attached hydrogens (tertiary/aromatic N) is 1. The smallest absolute Gasteiger partial charge is 0.187 e. The van der Waals surface area contributed by atoms with Crippen LogP contribution in [0, 0.1) is 6.57 Å². The van der Waals surface area contributed by atoms with Crippen molar-refractivity contribution in [3.05, 3.63) is 41.2 Å². The highest BCUT2D eigenvalue weighted by Gasteiger charge is 2.17. The molecule has 1 fully saturated rings. The summed E-state index contributed by atoms with van der Waals surface area (Å²) in [5, 5.41) is 0. The summed E-state index contributed by atoms with van der Waals surface area (Å²) in [5.41, 5.74) is 1.62. The van der Waals surface area contributed by atoms with E-state index in [1.165, 1.54) is 0 Å². The van der Waals surface area contributed by atoms with Crippen LogP contribution >= 0.6 is 0 Å². The van der Waals surface area contributed by atoms with Crippen LogP contribution in [0.4, 0.5) is 5.69 Å². The first-order chi connectivity index (χ1) is 6.40. The van der Waals surface area contributed by atoms with E-state index >= 15 is 0 Å². The van der Waals surface area contributed by atoms with Gasteiger partial charge in [0.2, 0.25) is 0 Å². The molecule has 1 aliphatic heterocycles. The van der Waals surface area contributed by atoms with Gasteiger partial charge in [0.15, 0.2) is 12.0 Å². The minimum Gasteiger partial charge on any atom is -0.346 e. The standard InChI is InChI=1S/C10H9NO2/c1-11-9-4-2-8(3-5-9)10-12-6-7-13-10/h2-5,10H,6-7H2. The average Bonchev–Trinajstić information content (AvgIpc) is 2.71. The molecule has 0 spiro atoms. The summed E-state index contributed by atoms with van der Waals surface area (Å²) >= 11 is 0. The Kier molecular flexibility index (Phi) is 2.26. The highest BCUT2D eigenvalue weighted by atomic mass is 16.7. The normalized spacial score (nSPS) is 17.2. The van der Waals surface area contributed by atoms with Crippen molar-refractivity contribution in [3.8, 4) is 0 Å². The zero-order chi connectivity index (χ0) is 9.10. The maximum absolute atomic E-state index is 6.79. The third-order valence-corrected chi connectivity index (χ3v) is 1.92. The van der Waals surface area contributed by atoms with Crippen molar-refractivity contribution < 1.29 is 9.47 Å². The second-order valence-electron chi connectivity index (χ2n) is 2.78. The van der Waals surface area contributed by atoms with E-state index in [0.29, 0.717) is 18.9 Å². The van der Waals surface area contributed by atoms with Crippen LogP contribution in [0.25, 0.3) is 4.85 Å². The number of rotatable bonds is 1. The molecule has 1 saturated heterocycles. The zero-order valence-corrected chi connectivity index (χ0v) is 7.06. The summed E-state index contributed by atoms with van der Waals surface area (Å²) in [4.78, 5) is 3.31. The zero-order valence-electron chi connectivity index (χ0n) is 7.06. The lowest BCUT2D eigenvalue weighted by Crippen LogP contribution is -1.96. The van der Waals surface area contributed by atoms with E-state index in [1.807, 2.05) is 12.1 Å². The van der Waals surface area contributed by atoms with Crippen molar-refractivity contribution in [1.82, 2.24) is 0 Å². The third-order valence-electron chi connectivity index (χ3n) is 1.92. The van der Waals surface area contributed by atoms with E-state index in [4.69, 9.17) is 16.0 Å². The van der Waals surface area contributed by atoms with Gasteiger partial charge in [0.05, 0.1) is 19.8 Å². The van der Waals surface area contributed by atoms with Crippen molar-refractivity contribution in [1.29, 1.82) is 0 Å². The maximum Gasteiger partial charge on any atom is 0.187 e. The molecule has 0 saturated carbocycles. The molecule has 1 aromatic carbocycles. The van der Waals surface area contributed by atoms with Crippen LogP contribution in [-0.4, -0.2) is 13.2 Å². The van der Waals surface area contributed by atoms with Gasteiger partial charge in [0.1, 0.15) is 0 Å². The molecule has 0 atom stereocenters. The van der Waals surface area contributed by atoms with Crippen LogP contribution in [0.2, 0.25) is 0 Å². The fourth-order valence-corrected chi connectivity index (χ4v) is 1.26. The van der Waals surface area contributed by atoms with Gasteiger partial charge < -0.3 is 9.47 Å². The Hall–Kier alpha value is -1.37.